The summed E-state index contributed by atoms with van der Waals surface area (Å²) < 4.78 is 5.96. The van der Waals surface area contributed by atoms with Crippen LogP contribution in [0.25, 0.3) is 0 Å². The Balaban J connectivity index is 2.21. The zero-order chi connectivity index (χ0) is 17.9. The lowest BCUT2D eigenvalue weighted by Gasteiger charge is -2.33. The van der Waals surface area contributed by atoms with Crippen LogP contribution in [-0.2, 0) is 14.3 Å². The SMILES string of the molecule is CCCCCC(CC)(CC)OC(=O)C1=C(C(=O)O)C2C=C(C)C1C2. The third-order valence-corrected chi connectivity index (χ3v) is 5.80. The summed E-state index contributed by atoms with van der Waals surface area (Å²) in [6.45, 7) is 8.22. The number of rotatable bonds is 9. The molecule has 0 saturated carbocycles. The van der Waals surface area contributed by atoms with Crippen LogP contribution < -0.4 is 0 Å². The molecule has 2 bridgehead atoms. The Hall–Kier alpha value is -1.58. The number of aliphatic carboxylic acids is 1. The lowest BCUT2D eigenvalue weighted by atomic mass is 9.88. The van der Waals surface area contributed by atoms with E-state index in [1.807, 2.05) is 26.8 Å². The Bertz CT molecular complexity index is 566. The molecule has 0 fully saturated rings. The second-order valence-electron chi connectivity index (χ2n) is 7.17. The molecular formula is C20H30O4. The van der Waals surface area contributed by atoms with Gasteiger partial charge in [0.05, 0.1) is 11.1 Å². The lowest BCUT2D eigenvalue weighted by Crippen LogP contribution is -2.35. The van der Waals surface area contributed by atoms with Crippen molar-refractivity contribution >= 4 is 11.9 Å². The van der Waals surface area contributed by atoms with Gasteiger partial charge < -0.3 is 9.84 Å². The summed E-state index contributed by atoms with van der Waals surface area (Å²) in [5.41, 5.74) is 1.28. The summed E-state index contributed by atoms with van der Waals surface area (Å²) in [6, 6.07) is 0. The van der Waals surface area contributed by atoms with Crippen molar-refractivity contribution < 1.29 is 19.4 Å². The highest BCUT2D eigenvalue weighted by Gasteiger charge is 2.46. The van der Waals surface area contributed by atoms with Crippen LogP contribution in [0.1, 0.15) is 72.6 Å². The van der Waals surface area contributed by atoms with Crippen LogP contribution in [0.5, 0.6) is 0 Å². The molecule has 0 heterocycles. The van der Waals surface area contributed by atoms with Crippen molar-refractivity contribution in [3.63, 3.8) is 0 Å². The molecule has 2 unspecified atom stereocenters. The van der Waals surface area contributed by atoms with Crippen LogP contribution in [0.2, 0.25) is 0 Å². The third-order valence-electron chi connectivity index (χ3n) is 5.80. The van der Waals surface area contributed by atoms with Crippen molar-refractivity contribution in [2.24, 2.45) is 11.8 Å². The number of hydrogen-bond donors (Lipinski definition) is 1. The van der Waals surface area contributed by atoms with E-state index in [1.54, 1.807) is 0 Å². The topological polar surface area (TPSA) is 63.6 Å². The quantitative estimate of drug-likeness (QED) is 0.379. The van der Waals surface area contributed by atoms with Gasteiger partial charge >= 0.3 is 11.9 Å². The Labute approximate surface area is 145 Å². The largest absolute Gasteiger partial charge is 0.478 e. The molecule has 2 rings (SSSR count). The molecule has 24 heavy (non-hydrogen) atoms. The van der Waals surface area contributed by atoms with Crippen LogP contribution in [0.15, 0.2) is 22.8 Å². The molecule has 4 nitrogen and oxygen atoms in total. The molecule has 134 valence electrons. The van der Waals surface area contributed by atoms with E-state index < -0.39 is 17.5 Å². The van der Waals surface area contributed by atoms with E-state index >= 15 is 0 Å². The van der Waals surface area contributed by atoms with Crippen molar-refractivity contribution in [3.05, 3.63) is 22.8 Å². The van der Waals surface area contributed by atoms with Gasteiger partial charge in [0, 0.05) is 11.8 Å². The minimum absolute atomic E-state index is 0.0735. The van der Waals surface area contributed by atoms with Gasteiger partial charge in [0.2, 0.25) is 0 Å². The first-order valence-corrected chi connectivity index (χ1v) is 9.28. The average Bonchev–Trinajstić information content (AvgIpc) is 3.10. The summed E-state index contributed by atoms with van der Waals surface area (Å²) in [7, 11) is 0. The number of fused-ring (bicyclic) bond motifs is 2. The molecule has 0 aliphatic heterocycles. The van der Waals surface area contributed by atoms with E-state index in [-0.39, 0.29) is 17.4 Å². The molecule has 0 aromatic rings. The maximum absolute atomic E-state index is 12.9. The van der Waals surface area contributed by atoms with E-state index in [9.17, 15) is 14.7 Å². The molecule has 0 amide bonds. The number of carboxylic acid groups (broad SMARTS) is 1. The van der Waals surface area contributed by atoms with Gasteiger partial charge in [0.1, 0.15) is 5.60 Å². The van der Waals surface area contributed by atoms with Crippen LogP contribution in [-0.4, -0.2) is 22.6 Å². The number of hydrogen-bond acceptors (Lipinski definition) is 3. The number of esters is 1. The second-order valence-corrected chi connectivity index (χ2v) is 7.17. The number of carboxylic acids is 1. The second kappa shape index (κ2) is 7.54. The molecule has 0 saturated heterocycles. The van der Waals surface area contributed by atoms with Crippen LogP contribution in [0.4, 0.5) is 0 Å². The molecule has 0 aromatic carbocycles. The van der Waals surface area contributed by atoms with Gasteiger partial charge in [-0.05, 0) is 39.0 Å². The lowest BCUT2D eigenvalue weighted by molar-refractivity contribution is -0.157. The molecular weight excluding hydrogens is 304 g/mol. The van der Waals surface area contributed by atoms with Crippen LogP contribution in [0.3, 0.4) is 0 Å². The Morgan fingerprint density at radius 2 is 1.88 bits per heavy atom. The van der Waals surface area contributed by atoms with E-state index in [4.69, 9.17) is 4.74 Å². The smallest absolute Gasteiger partial charge is 0.335 e. The maximum atomic E-state index is 12.9. The third kappa shape index (κ3) is 3.42. The molecule has 0 radical (unpaired) electrons. The number of carbonyl (C=O) groups excluding carboxylic acids is 1. The fourth-order valence-corrected chi connectivity index (χ4v) is 4.15. The first kappa shape index (κ1) is 18.8. The van der Waals surface area contributed by atoms with Gasteiger partial charge in [-0.2, -0.15) is 0 Å². The number of carbonyl (C=O) groups is 2. The monoisotopic (exact) mass is 334 g/mol. The molecule has 2 atom stereocenters. The predicted octanol–water partition coefficient (Wildman–Crippen LogP) is 4.65. The average molecular weight is 334 g/mol. The summed E-state index contributed by atoms with van der Waals surface area (Å²) in [4.78, 5) is 24.5. The van der Waals surface area contributed by atoms with Crippen LogP contribution in [0, 0.1) is 11.8 Å². The van der Waals surface area contributed by atoms with Gasteiger partial charge in [-0.1, -0.05) is 45.3 Å². The van der Waals surface area contributed by atoms with E-state index in [0.717, 1.165) is 44.1 Å². The highest BCUT2D eigenvalue weighted by atomic mass is 16.6. The summed E-state index contributed by atoms with van der Waals surface area (Å²) in [5, 5.41) is 9.53. The molecule has 1 N–H and O–H groups in total. The summed E-state index contributed by atoms with van der Waals surface area (Å²) >= 11 is 0. The molecule has 0 spiro atoms. The number of allylic oxidation sites excluding steroid dienone is 2. The highest BCUT2D eigenvalue weighted by Crippen LogP contribution is 2.48. The number of ether oxygens (including phenoxy) is 1. The zero-order valence-corrected chi connectivity index (χ0v) is 15.4. The van der Waals surface area contributed by atoms with Gasteiger partial charge in [-0.25, -0.2) is 9.59 Å². The minimum atomic E-state index is -0.984. The molecule has 2 aliphatic rings. The van der Waals surface area contributed by atoms with Crippen molar-refractivity contribution in [1.82, 2.24) is 0 Å². The van der Waals surface area contributed by atoms with Gasteiger partial charge in [-0.3, -0.25) is 0 Å². The predicted molar refractivity (Wildman–Crippen MR) is 93.6 cm³/mol. The van der Waals surface area contributed by atoms with E-state index in [1.165, 1.54) is 0 Å². The maximum Gasteiger partial charge on any atom is 0.335 e. The Morgan fingerprint density at radius 3 is 2.42 bits per heavy atom. The van der Waals surface area contributed by atoms with Gasteiger partial charge in [0.15, 0.2) is 0 Å². The number of unbranched alkanes of at least 4 members (excludes halogenated alkanes) is 2. The summed E-state index contributed by atoms with van der Waals surface area (Å²) in [5.74, 6) is -1.60. The Kier molecular flexibility index (Phi) is 5.89. The molecule has 0 aromatic heterocycles. The minimum Gasteiger partial charge on any atom is -0.478 e. The van der Waals surface area contributed by atoms with E-state index in [0.29, 0.717) is 12.0 Å². The van der Waals surface area contributed by atoms with Crippen LogP contribution >= 0.6 is 0 Å². The van der Waals surface area contributed by atoms with E-state index in [2.05, 4.69) is 6.92 Å². The van der Waals surface area contributed by atoms with Crippen molar-refractivity contribution in [3.8, 4) is 0 Å². The molecule has 4 heteroatoms. The van der Waals surface area contributed by atoms with Gasteiger partial charge in [0.25, 0.3) is 0 Å². The highest BCUT2D eigenvalue weighted by molar-refractivity contribution is 6.03. The standard InChI is InChI=1S/C20H30O4/c1-5-8-9-10-20(6-2,7-3)24-19(23)17-15-12-14(11-13(15)4)16(17)18(21)22/h11,14-15H,5-10,12H2,1-4H3,(H,21,22). The zero-order valence-electron chi connectivity index (χ0n) is 15.4. The first-order chi connectivity index (χ1) is 11.4. The fraction of sp³-hybridized carbons (Fsp3) is 0.700. The summed E-state index contributed by atoms with van der Waals surface area (Å²) in [6.07, 6.45) is 8.33. The normalized spacial score (nSPS) is 22.8. The van der Waals surface area contributed by atoms with Crippen molar-refractivity contribution in [2.75, 3.05) is 0 Å². The van der Waals surface area contributed by atoms with Crippen molar-refractivity contribution in [1.29, 1.82) is 0 Å². The van der Waals surface area contributed by atoms with Crippen molar-refractivity contribution in [2.45, 2.75) is 78.2 Å². The fourth-order valence-electron chi connectivity index (χ4n) is 4.15. The molecule has 2 aliphatic carbocycles. The van der Waals surface area contributed by atoms with Gasteiger partial charge in [-0.15, -0.1) is 0 Å². The Morgan fingerprint density at radius 1 is 1.21 bits per heavy atom. The first-order valence-electron chi connectivity index (χ1n) is 9.28.